The van der Waals surface area contributed by atoms with Crippen molar-refractivity contribution < 1.29 is 18.8 Å². The van der Waals surface area contributed by atoms with Crippen LogP contribution in [0.25, 0.3) is 21.5 Å². The third-order valence-electron chi connectivity index (χ3n) is 7.22. The number of nitrogens with zero attached hydrogens (tertiary/aromatic N) is 2. The maximum atomic E-state index is 14.1. The molecule has 2 heterocycles. The van der Waals surface area contributed by atoms with Crippen LogP contribution >= 0.6 is 22.9 Å². The lowest BCUT2D eigenvalue weighted by Crippen LogP contribution is -2.34. The molecule has 182 valence electrons. The third-order valence-corrected chi connectivity index (χ3v) is 8.75. The van der Waals surface area contributed by atoms with Crippen molar-refractivity contribution in [2.45, 2.75) is 69.7 Å². The molecule has 4 aromatic rings. The van der Waals surface area contributed by atoms with Crippen molar-refractivity contribution >= 4 is 33.2 Å². The van der Waals surface area contributed by atoms with Gasteiger partial charge in [-0.15, -0.1) is 11.3 Å². The van der Waals surface area contributed by atoms with Crippen molar-refractivity contribution in [2.75, 3.05) is 0 Å². The average Bonchev–Trinajstić information content (AvgIpc) is 3.44. The van der Waals surface area contributed by atoms with Crippen molar-refractivity contribution in [2.24, 2.45) is 0 Å². The molecule has 2 saturated carbocycles. The fourth-order valence-electron chi connectivity index (χ4n) is 5.02. The Morgan fingerprint density at radius 2 is 1.94 bits per heavy atom. The molecule has 0 aliphatic heterocycles. The van der Waals surface area contributed by atoms with Crippen molar-refractivity contribution in [3.05, 3.63) is 69.1 Å². The number of fused-ring (bicyclic) bond motifs is 1. The first kappa shape index (κ1) is 23.1. The Hall–Kier alpha value is -2.32. The summed E-state index contributed by atoms with van der Waals surface area (Å²) >= 11 is 7.91. The summed E-state index contributed by atoms with van der Waals surface area (Å²) in [6, 6.07) is 10.7. The molecular weight excluding hydrogens is 487 g/mol. The third kappa shape index (κ3) is 4.29. The first-order valence-corrected chi connectivity index (χ1v) is 13.3. The van der Waals surface area contributed by atoms with E-state index in [-0.39, 0.29) is 11.9 Å². The van der Waals surface area contributed by atoms with Crippen LogP contribution < -0.4 is 0 Å². The van der Waals surface area contributed by atoms with Crippen molar-refractivity contribution in [1.29, 1.82) is 0 Å². The monoisotopic (exact) mass is 512 g/mol. The van der Waals surface area contributed by atoms with Crippen LogP contribution in [0.2, 0.25) is 5.02 Å². The number of thiazole rings is 1. The summed E-state index contributed by atoms with van der Waals surface area (Å²) in [7, 11) is 0. The molecule has 0 amide bonds. The van der Waals surface area contributed by atoms with Crippen molar-refractivity contribution in [3.63, 3.8) is 0 Å². The SMILES string of the molecule is Cc1cccc(Cl)c1-c1noc(C2CC2)c1CO[C@H]1CC[C@](O)(c2nc3c(F)cccc3s2)CC1. The summed E-state index contributed by atoms with van der Waals surface area (Å²) in [5.41, 5.74) is 2.97. The van der Waals surface area contributed by atoms with Gasteiger partial charge < -0.3 is 14.4 Å². The van der Waals surface area contributed by atoms with E-state index < -0.39 is 5.60 Å². The normalized spacial score (nSPS) is 22.7. The molecule has 1 N–H and O–H groups in total. The highest BCUT2D eigenvalue weighted by atomic mass is 35.5. The van der Waals surface area contributed by atoms with Gasteiger partial charge in [0.2, 0.25) is 0 Å². The number of aryl methyl sites for hydroxylation is 1. The first-order valence-electron chi connectivity index (χ1n) is 12.1. The average molecular weight is 513 g/mol. The van der Waals surface area contributed by atoms with Gasteiger partial charge >= 0.3 is 0 Å². The molecule has 2 aromatic carbocycles. The zero-order valence-electron chi connectivity index (χ0n) is 19.4. The molecule has 6 rings (SSSR count). The second-order valence-corrected chi connectivity index (χ2v) is 11.2. The number of aromatic nitrogens is 2. The molecule has 0 unspecified atom stereocenters. The van der Waals surface area contributed by atoms with Crippen LogP contribution in [-0.4, -0.2) is 21.4 Å². The highest BCUT2D eigenvalue weighted by Crippen LogP contribution is 2.46. The number of aliphatic hydroxyl groups is 1. The van der Waals surface area contributed by atoms with Gasteiger partial charge in [0.25, 0.3) is 0 Å². The van der Waals surface area contributed by atoms with E-state index in [4.69, 9.17) is 20.9 Å². The van der Waals surface area contributed by atoms with Gasteiger partial charge in [-0.3, -0.25) is 0 Å². The molecule has 0 bridgehead atoms. The van der Waals surface area contributed by atoms with Crippen LogP contribution in [0.5, 0.6) is 0 Å². The fraction of sp³-hybridized carbons (Fsp3) is 0.407. The van der Waals surface area contributed by atoms with Gasteiger partial charge in [-0.1, -0.05) is 35.0 Å². The zero-order valence-corrected chi connectivity index (χ0v) is 21.0. The Labute approximate surface area is 211 Å². The van der Waals surface area contributed by atoms with Gasteiger partial charge in [-0.25, -0.2) is 9.37 Å². The molecule has 0 atom stereocenters. The van der Waals surface area contributed by atoms with E-state index in [0.717, 1.165) is 45.7 Å². The standard InChI is InChI=1S/C27H26ClFN2O3S/c1-15-4-2-5-19(28)22(15)23-18(25(34-31-23)16-8-9-16)14-33-17-10-12-27(32,13-11-17)26-30-24-20(29)6-3-7-21(24)35-26/h2-7,16-17,32H,8-14H2,1H3/t17-,27+. The number of hydrogen-bond donors (Lipinski definition) is 1. The number of ether oxygens (including phenoxy) is 1. The highest BCUT2D eigenvalue weighted by molar-refractivity contribution is 7.18. The molecule has 0 radical (unpaired) electrons. The maximum absolute atomic E-state index is 14.1. The minimum absolute atomic E-state index is 0.00327. The number of benzene rings is 2. The quantitative estimate of drug-likeness (QED) is 0.294. The van der Waals surface area contributed by atoms with Gasteiger partial charge in [0, 0.05) is 17.0 Å². The zero-order chi connectivity index (χ0) is 24.2. The molecular formula is C27H26ClFN2O3S. The van der Waals surface area contributed by atoms with Gasteiger partial charge in [0.1, 0.15) is 33.4 Å². The lowest BCUT2D eigenvalue weighted by Gasteiger charge is -2.34. The Morgan fingerprint density at radius 3 is 2.66 bits per heavy atom. The lowest BCUT2D eigenvalue weighted by atomic mass is 9.83. The van der Waals surface area contributed by atoms with E-state index in [9.17, 15) is 9.50 Å². The minimum atomic E-state index is -1.05. The summed E-state index contributed by atoms with van der Waals surface area (Å²) in [5, 5.41) is 17.0. The van der Waals surface area contributed by atoms with Gasteiger partial charge in [0.15, 0.2) is 0 Å². The summed E-state index contributed by atoms with van der Waals surface area (Å²) in [5.74, 6) is 0.951. The summed E-state index contributed by atoms with van der Waals surface area (Å²) in [4.78, 5) is 4.44. The van der Waals surface area contributed by atoms with Gasteiger partial charge in [0.05, 0.1) is 22.4 Å². The molecule has 35 heavy (non-hydrogen) atoms. The molecule has 0 saturated heterocycles. The van der Waals surface area contributed by atoms with Crippen molar-refractivity contribution in [3.8, 4) is 11.3 Å². The molecule has 2 aromatic heterocycles. The number of para-hydroxylation sites is 1. The Bertz CT molecular complexity index is 1370. The summed E-state index contributed by atoms with van der Waals surface area (Å²) < 4.78 is 27.0. The lowest BCUT2D eigenvalue weighted by molar-refractivity contribution is -0.0641. The minimum Gasteiger partial charge on any atom is -0.383 e. The molecule has 2 aliphatic carbocycles. The number of rotatable bonds is 6. The van der Waals surface area contributed by atoms with Crippen LogP contribution in [0.4, 0.5) is 4.39 Å². The van der Waals surface area contributed by atoms with Crippen LogP contribution in [0.1, 0.15) is 66.3 Å². The smallest absolute Gasteiger partial charge is 0.150 e. The maximum Gasteiger partial charge on any atom is 0.150 e. The second-order valence-electron chi connectivity index (χ2n) is 9.73. The predicted molar refractivity (Wildman–Crippen MR) is 134 cm³/mol. The summed E-state index contributed by atoms with van der Waals surface area (Å²) in [6.45, 7) is 2.41. The van der Waals surface area contributed by atoms with Gasteiger partial charge in [-0.2, -0.15) is 0 Å². The number of halogens is 2. The second kappa shape index (κ2) is 8.96. The Kier molecular flexibility index (Phi) is 5.92. The van der Waals surface area contributed by atoms with Crippen LogP contribution in [0, 0.1) is 12.7 Å². The van der Waals surface area contributed by atoms with E-state index in [2.05, 4.69) is 10.1 Å². The fourth-order valence-corrected chi connectivity index (χ4v) is 6.46. The Morgan fingerprint density at radius 1 is 1.17 bits per heavy atom. The molecule has 0 spiro atoms. The molecule has 2 fully saturated rings. The van der Waals surface area contributed by atoms with Crippen LogP contribution in [0.3, 0.4) is 0 Å². The largest absolute Gasteiger partial charge is 0.383 e. The van der Waals surface area contributed by atoms with Gasteiger partial charge in [-0.05, 0) is 69.2 Å². The molecule has 2 aliphatic rings. The van der Waals surface area contributed by atoms with E-state index in [0.29, 0.717) is 53.8 Å². The van der Waals surface area contributed by atoms with E-state index >= 15 is 0 Å². The van der Waals surface area contributed by atoms with Crippen molar-refractivity contribution in [1.82, 2.24) is 10.1 Å². The molecule has 8 heteroatoms. The summed E-state index contributed by atoms with van der Waals surface area (Å²) in [6.07, 6.45) is 4.64. The van der Waals surface area contributed by atoms with E-state index in [1.54, 1.807) is 6.07 Å². The molecule has 5 nitrogen and oxygen atoms in total. The number of hydrogen-bond acceptors (Lipinski definition) is 6. The van der Waals surface area contributed by atoms with E-state index in [1.807, 2.05) is 31.2 Å². The van der Waals surface area contributed by atoms with E-state index in [1.165, 1.54) is 17.4 Å². The predicted octanol–water partition coefficient (Wildman–Crippen LogP) is 7.28. The topological polar surface area (TPSA) is 68.4 Å². The first-order chi connectivity index (χ1) is 16.9. The van der Waals surface area contributed by atoms with Crippen LogP contribution in [0.15, 0.2) is 40.9 Å². The van der Waals surface area contributed by atoms with Crippen LogP contribution in [-0.2, 0) is 16.9 Å². The Balaban J connectivity index is 1.18. The highest BCUT2D eigenvalue weighted by Gasteiger charge is 2.39.